The number of rotatable bonds is 5. The lowest BCUT2D eigenvalue weighted by Crippen LogP contribution is -2.32. The predicted molar refractivity (Wildman–Crippen MR) is 103 cm³/mol. The summed E-state index contributed by atoms with van der Waals surface area (Å²) in [5.74, 6) is 1.36. The van der Waals surface area contributed by atoms with Crippen LogP contribution in [0.3, 0.4) is 0 Å². The summed E-state index contributed by atoms with van der Waals surface area (Å²) in [6.45, 7) is 4.29. The Morgan fingerprint density at radius 3 is 2.88 bits per heavy atom. The van der Waals surface area contributed by atoms with E-state index in [1.807, 2.05) is 42.7 Å². The van der Waals surface area contributed by atoms with Gasteiger partial charge in [-0.1, -0.05) is 18.2 Å². The number of likely N-dealkylation sites (tertiary alicyclic amines) is 1. The van der Waals surface area contributed by atoms with E-state index in [9.17, 15) is 0 Å². The van der Waals surface area contributed by atoms with Crippen LogP contribution in [0.4, 0.5) is 0 Å². The van der Waals surface area contributed by atoms with E-state index in [4.69, 9.17) is 4.42 Å². The zero-order valence-corrected chi connectivity index (χ0v) is 15.7. The second kappa shape index (κ2) is 7.17. The third-order valence-corrected chi connectivity index (χ3v) is 5.65. The Morgan fingerprint density at radius 2 is 2.12 bits per heavy atom. The highest BCUT2D eigenvalue weighted by Crippen LogP contribution is 2.37. The number of oxazole rings is 1. The normalized spacial score (nSPS) is 22.3. The van der Waals surface area contributed by atoms with Gasteiger partial charge in [-0.3, -0.25) is 14.8 Å². The molecule has 136 valence electrons. The topological polar surface area (TPSA) is 45.4 Å². The summed E-state index contributed by atoms with van der Waals surface area (Å²) in [4.78, 5) is 13.8. The van der Waals surface area contributed by atoms with Crippen LogP contribution in [-0.2, 0) is 0 Å². The van der Waals surface area contributed by atoms with Crippen molar-refractivity contribution in [2.45, 2.75) is 25.4 Å². The van der Waals surface area contributed by atoms with Crippen molar-refractivity contribution in [1.29, 1.82) is 0 Å². The molecule has 3 heterocycles. The first-order valence-corrected chi connectivity index (χ1v) is 9.29. The molecule has 0 N–H and O–H groups in total. The molecular formula is C21H26N4O. The maximum absolute atomic E-state index is 5.97. The second-order valence-electron chi connectivity index (χ2n) is 7.40. The first-order valence-electron chi connectivity index (χ1n) is 9.29. The molecule has 1 saturated heterocycles. The summed E-state index contributed by atoms with van der Waals surface area (Å²) in [5.41, 5.74) is 3.09. The molecule has 26 heavy (non-hydrogen) atoms. The van der Waals surface area contributed by atoms with Crippen LogP contribution < -0.4 is 0 Å². The van der Waals surface area contributed by atoms with E-state index in [2.05, 4.69) is 46.9 Å². The number of hydrogen-bond acceptors (Lipinski definition) is 5. The fraction of sp³-hybridized carbons (Fsp3) is 0.429. The Hall–Kier alpha value is -2.24. The Kier molecular flexibility index (Phi) is 4.74. The number of benzene rings is 1. The SMILES string of the molecule is CC(c1nc2ccccc2o1)N(C)C[C@@H]1CCN(C)[C@H]1c1cccnc1. The molecule has 3 atom stereocenters. The molecular weight excluding hydrogens is 324 g/mol. The summed E-state index contributed by atoms with van der Waals surface area (Å²) in [6, 6.07) is 12.7. The number of para-hydroxylation sites is 2. The van der Waals surface area contributed by atoms with Crippen molar-refractivity contribution in [3.05, 3.63) is 60.2 Å². The zero-order chi connectivity index (χ0) is 18.1. The molecule has 1 aliphatic heterocycles. The van der Waals surface area contributed by atoms with Crippen LogP contribution in [-0.4, -0.2) is 47.0 Å². The van der Waals surface area contributed by atoms with Crippen molar-refractivity contribution >= 4 is 11.1 Å². The van der Waals surface area contributed by atoms with Gasteiger partial charge in [-0.25, -0.2) is 4.98 Å². The van der Waals surface area contributed by atoms with Gasteiger partial charge in [0.15, 0.2) is 5.58 Å². The third-order valence-electron chi connectivity index (χ3n) is 5.65. The fourth-order valence-corrected chi connectivity index (χ4v) is 4.08. The lowest BCUT2D eigenvalue weighted by Gasteiger charge is -2.30. The Morgan fingerprint density at radius 1 is 1.27 bits per heavy atom. The van der Waals surface area contributed by atoms with E-state index >= 15 is 0 Å². The number of aromatic nitrogens is 2. The van der Waals surface area contributed by atoms with Crippen molar-refractivity contribution in [2.75, 3.05) is 27.2 Å². The van der Waals surface area contributed by atoms with E-state index in [0.29, 0.717) is 12.0 Å². The molecule has 2 aromatic heterocycles. The van der Waals surface area contributed by atoms with E-state index in [-0.39, 0.29) is 6.04 Å². The molecule has 0 bridgehead atoms. The van der Waals surface area contributed by atoms with Gasteiger partial charge in [0.05, 0.1) is 6.04 Å². The summed E-state index contributed by atoms with van der Waals surface area (Å²) in [5, 5.41) is 0. The maximum atomic E-state index is 5.97. The number of fused-ring (bicyclic) bond motifs is 1. The average Bonchev–Trinajstić information content (AvgIpc) is 3.25. The quantitative estimate of drug-likeness (QED) is 0.698. The van der Waals surface area contributed by atoms with Gasteiger partial charge in [0.1, 0.15) is 5.52 Å². The molecule has 0 spiro atoms. The summed E-state index contributed by atoms with van der Waals surface area (Å²) in [6.07, 6.45) is 5.04. The predicted octanol–water partition coefficient (Wildman–Crippen LogP) is 3.91. The van der Waals surface area contributed by atoms with Crippen LogP contribution in [0, 0.1) is 5.92 Å². The van der Waals surface area contributed by atoms with Gasteiger partial charge in [0, 0.05) is 25.0 Å². The van der Waals surface area contributed by atoms with Gasteiger partial charge in [0.2, 0.25) is 5.89 Å². The number of pyridine rings is 1. The van der Waals surface area contributed by atoms with E-state index in [1.54, 1.807) is 0 Å². The van der Waals surface area contributed by atoms with Crippen LogP contribution in [0.2, 0.25) is 0 Å². The minimum absolute atomic E-state index is 0.142. The van der Waals surface area contributed by atoms with Crippen LogP contribution in [0.15, 0.2) is 53.2 Å². The highest BCUT2D eigenvalue weighted by atomic mass is 16.3. The van der Waals surface area contributed by atoms with Crippen LogP contribution in [0.1, 0.15) is 36.9 Å². The molecule has 1 aliphatic rings. The standard InChI is InChI=1S/C21H26N4O/c1-15(21-23-18-8-4-5-9-19(18)26-21)25(3)14-17-10-12-24(2)20(17)16-7-6-11-22-13-16/h4-9,11,13,15,17,20H,10,12,14H2,1-3H3/t15?,17-,20-/m0/s1. The van der Waals surface area contributed by atoms with Crippen molar-refractivity contribution in [1.82, 2.24) is 19.8 Å². The molecule has 4 rings (SSSR count). The van der Waals surface area contributed by atoms with Gasteiger partial charge in [-0.05, 0) is 63.7 Å². The minimum Gasteiger partial charge on any atom is -0.439 e. The lowest BCUT2D eigenvalue weighted by molar-refractivity contribution is 0.170. The number of nitrogens with zero attached hydrogens (tertiary/aromatic N) is 4. The van der Waals surface area contributed by atoms with Crippen LogP contribution in [0.25, 0.3) is 11.1 Å². The van der Waals surface area contributed by atoms with Gasteiger partial charge in [0.25, 0.3) is 0 Å². The monoisotopic (exact) mass is 350 g/mol. The van der Waals surface area contributed by atoms with Crippen molar-refractivity contribution in [3.63, 3.8) is 0 Å². The Labute approximate surface area is 154 Å². The molecule has 0 saturated carbocycles. The highest BCUT2D eigenvalue weighted by molar-refractivity contribution is 5.72. The molecule has 5 nitrogen and oxygen atoms in total. The lowest BCUT2D eigenvalue weighted by atomic mass is 9.94. The fourth-order valence-electron chi connectivity index (χ4n) is 4.08. The van der Waals surface area contributed by atoms with Crippen LogP contribution in [0.5, 0.6) is 0 Å². The molecule has 1 unspecified atom stereocenters. The average molecular weight is 350 g/mol. The molecule has 0 amide bonds. The smallest absolute Gasteiger partial charge is 0.212 e. The molecule has 0 aliphatic carbocycles. The van der Waals surface area contributed by atoms with Crippen LogP contribution >= 0.6 is 0 Å². The van der Waals surface area contributed by atoms with E-state index in [0.717, 1.165) is 30.1 Å². The Balaban J connectivity index is 1.50. The maximum Gasteiger partial charge on any atom is 0.212 e. The summed E-state index contributed by atoms with van der Waals surface area (Å²) in [7, 11) is 4.38. The van der Waals surface area contributed by atoms with E-state index < -0.39 is 0 Å². The first-order chi connectivity index (χ1) is 12.6. The first kappa shape index (κ1) is 17.2. The zero-order valence-electron chi connectivity index (χ0n) is 15.7. The third kappa shape index (κ3) is 3.24. The molecule has 0 radical (unpaired) electrons. The van der Waals surface area contributed by atoms with Crippen molar-refractivity contribution in [2.24, 2.45) is 5.92 Å². The highest BCUT2D eigenvalue weighted by Gasteiger charge is 2.34. The van der Waals surface area contributed by atoms with Gasteiger partial charge < -0.3 is 4.42 Å². The van der Waals surface area contributed by atoms with Gasteiger partial charge in [-0.15, -0.1) is 0 Å². The van der Waals surface area contributed by atoms with Gasteiger partial charge >= 0.3 is 0 Å². The summed E-state index contributed by atoms with van der Waals surface area (Å²) >= 11 is 0. The molecule has 3 aromatic rings. The molecule has 5 heteroatoms. The molecule has 1 aromatic carbocycles. The molecule has 1 fully saturated rings. The van der Waals surface area contributed by atoms with Crippen molar-refractivity contribution < 1.29 is 4.42 Å². The summed E-state index contributed by atoms with van der Waals surface area (Å²) < 4.78 is 5.97. The largest absolute Gasteiger partial charge is 0.439 e. The van der Waals surface area contributed by atoms with Gasteiger partial charge in [-0.2, -0.15) is 0 Å². The van der Waals surface area contributed by atoms with E-state index in [1.165, 1.54) is 12.0 Å². The number of hydrogen-bond donors (Lipinski definition) is 0. The minimum atomic E-state index is 0.142. The second-order valence-corrected chi connectivity index (χ2v) is 7.40. The Bertz CT molecular complexity index is 830. The van der Waals surface area contributed by atoms with Crippen molar-refractivity contribution in [3.8, 4) is 0 Å².